The Morgan fingerprint density at radius 2 is 1.67 bits per heavy atom. The fourth-order valence-corrected chi connectivity index (χ4v) is 2.03. The van der Waals surface area contributed by atoms with Crippen molar-refractivity contribution in [3.05, 3.63) is 47.8 Å². The fraction of sp³-hybridized carbons (Fsp3) is 0.412. The monoisotopic (exact) mass is 284 g/mol. The molecule has 2 rings (SSSR count). The van der Waals surface area contributed by atoms with Crippen LogP contribution in [0, 0.1) is 12.8 Å². The number of aromatic nitrogens is 2. The van der Waals surface area contributed by atoms with Crippen LogP contribution in [0.5, 0.6) is 0 Å². The Balaban J connectivity index is 1.94. The zero-order valence-corrected chi connectivity index (χ0v) is 13.1. The third-order valence-corrected chi connectivity index (χ3v) is 3.18. The largest absolute Gasteiger partial charge is 0.370 e. The van der Waals surface area contributed by atoms with Crippen LogP contribution in [0.15, 0.2) is 36.4 Å². The second kappa shape index (κ2) is 7.62. The van der Waals surface area contributed by atoms with E-state index in [0.29, 0.717) is 5.92 Å². The van der Waals surface area contributed by atoms with Crippen molar-refractivity contribution < 1.29 is 0 Å². The summed E-state index contributed by atoms with van der Waals surface area (Å²) in [5, 5.41) is 6.71. The summed E-state index contributed by atoms with van der Waals surface area (Å²) in [6, 6.07) is 12.3. The van der Waals surface area contributed by atoms with Gasteiger partial charge in [-0.05, 0) is 24.8 Å². The predicted octanol–water partition coefficient (Wildman–Crippen LogP) is 3.86. The van der Waals surface area contributed by atoms with Gasteiger partial charge in [-0.3, -0.25) is 0 Å². The molecule has 1 aromatic carbocycles. The summed E-state index contributed by atoms with van der Waals surface area (Å²) in [5.41, 5.74) is 1.24. The van der Waals surface area contributed by atoms with Crippen LogP contribution >= 0.6 is 0 Å². The highest BCUT2D eigenvalue weighted by Gasteiger charge is 2.02. The molecular weight excluding hydrogens is 260 g/mol. The van der Waals surface area contributed by atoms with Crippen LogP contribution < -0.4 is 10.6 Å². The van der Waals surface area contributed by atoms with E-state index < -0.39 is 0 Å². The first-order valence-corrected chi connectivity index (χ1v) is 7.51. The summed E-state index contributed by atoms with van der Waals surface area (Å²) in [7, 11) is 0. The van der Waals surface area contributed by atoms with Gasteiger partial charge in [-0.1, -0.05) is 44.2 Å². The molecule has 2 aromatic rings. The van der Waals surface area contributed by atoms with Crippen LogP contribution in [0.25, 0.3) is 0 Å². The van der Waals surface area contributed by atoms with Gasteiger partial charge in [0.25, 0.3) is 0 Å². The van der Waals surface area contributed by atoms with Crippen molar-refractivity contribution in [1.29, 1.82) is 0 Å². The average molecular weight is 284 g/mol. The lowest BCUT2D eigenvalue weighted by molar-refractivity contribution is 0.606. The van der Waals surface area contributed by atoms with Gasteiger partial charge in [0, 0.05) is 19.2 Å². The average Bonchev–Trinajstić information content (AvgIpc) is 2.45. The van der Waals surface area contributed by atoms with Gasteiger partial charge in [-0.15, -0.1) is 0 Å². The van der Waals surface area contributed by atoms with E-state index >= 15 is 0 Å². The van der Waals surface area contributed by atoms with Gasteiger partial charge < -0.3 is 10.6 Å². The Kier molecular flexibility index (Phi) is 5.55. The van der Waals surface area contributed by atoms with Crippen LogP contribution in [0.4, 0.5) is 11.6 Å². The molecule has 0 saturated carbocycles. The first-order valence-electron chi connectivity index (χ1n) is 7.51. The Morgan fingerprint density at radius 3 is 2.33 bits per heavy atom. The van der Waals surface area contributed by atoms with Gasteiger partial charge in [0.1, 0.15) is 17.5 Å². The minimum atomic E-state index is 0.691. The standard InChI is InChI=1S/C17H24N4/c1-13(2)9-10-18-16-11-17(21-14(3)20-16)19-12-15-7-5-4-6-8-15/h4-8,11,13H,9-10,12H2,1-3H3,(H2,18,19,20,21). The van der Waals surface area contributed by atoms with Gasteiger partial charge in [0.15, 0.2) is 0 Å². The molecule has 0 atom stereocenters. The molecule has 112 valence electrons. The Bertz CT molecular complexity index is 552. The number of nitrogens with one attached hydrogen (secondary N) is 2. The second-order valence-corrected chi connectivity index (χ2v) is 5.63. The van der Waals surface area contributed by atoms with E-state index in [1.54, 1.807) is 0 Å². The van der Waals surface area contributed by atoms with E-state index in [0.717, 1.165) is 37.0 Å². The molecule has 4 heteroatoms. The Morgan fingerprint density at radius 1 is 1.00 bits per heavy atom. The van der Waals surface area contributed by atoms with Crippen LogP contribution in [-0.2, 0) is 6.54 Å². The molecule has 1 heterocycles. The van der Waals surface area contributed by atoms with Gasteiger partial charge in [0.2, 0.25) is 0 Å². The summed E-state index contributed by atoms with van der Waals surface area (Å²) in [4.78, 5) is 8.85. The minimum absolute atomic E-state index is 0.691. The number of benzene rings is 1. The van der Waals surface area contributed by atoms with E-state index in [2.05, 4.69) is 46.6 Å². The molecule has 0 aliphatic heterocycles. The third kappa shape index (κ3) is 5.42. The van der Waals surface area contributed by atoms with Crippen molar-refractivity contribution in [1.82, 2.24) is 9.97 Å². The number of anilines is 2. The Hall–Kier alpha value is -2.10. The van der Waals surface area contributed by atoms with Crippen molar-refractivity contribution in [2.24, 2.45) is 5.92 Å². The first-order chi connectivity index (χ1) is 10.1. The molecule has 0 saturated heterocycles. The summed E-state index contributed by atoms with van der Waals surface area (Å²) < 4.78 is 0. The maximum absolute atomic E-state index is 4.43. The van der Waals surface area contributed by atoms with Crippen molar-refractivity contribution >= 4 is 11.6 Å². The highest BCUT2D eigenvalue weighted by atomic mass is 15.1. The van der Waals surface area contributed by atoms with E-state index in [4.69, 9.17) is 0 Å². The van der Waals surface area contributed by atoms with Crippen molar-refractivity contribution in [2.75, 3.05) is 17.2 Å². The first kappa shape index (κ1) is 15.3. The maximum atomic E-state index is 4.43. The highest BCUT2D eigenvalue weighted by molar-refractivity contribution is 5.47. The van der Waals surface area contributed by atoms with E-state index in [1.807, 2.05) is 31.2 Å². The molecule has 0 aliphatic carbocycles. The molecule has 1 aromatic heterocycles. The topological polar surface area (TPSA) is 49.8 Å². The molecule has 0 amide bonds. The predicted molar refractivity (Wildman–Crippen MR) is 88.5 cm³/mol. The fourth-order valence-electron chi connectivity index (χ4n) is 2.03. The van der Waals surface area contributed by atoms with Crippen molar-refractivity contribution in [3.8, 4) is 0 Å². The lowest BCUT2D eigenvalue weighted by Crippen LogP contribution is -2.09. The summed E-state index contributed by atoms with van der Waals surface area (Å²) >= 11 is 0. The molecule has 0 radical (unpaired) electrons. The zero-order chi connectivity index (χ0) is 15.1. The maximum Gasteiger partial charge on any atom is 0.132 e. The minimum Gasteiger partial charge on any atom is -0.370 e. The molecular formula is C17H24N4. The summed E-state index contributed by atoms with van der Waals surface area (Å²) in [6.07, 6.45) is 1.13. The number of hydrogen-bond donors (Lipinski definition) is 2. The third-order valence-electron chi connectivity index (χ3n) is 3.18. The smallest absolute Gasteiger partial charge is 0.132 e. The highest BCUT2D eigenvalue weighted by Crippen LogP contribution is 2.13. The lowest BCUT2D eigenvalue weighted by Gasteiger charge is -2.11. The van der Waals surface area contributed by atoms with Gasteiger partial charge in [-0.25, -0.2) is 9.97 Å². The summed E-state index contributed by atoms with van der Waals surface area (Å²) in [5.74, 6) is 3.22. The lowest BCUT2D eigenvalue weighted by atomic mass is 10.1. The number of hydrogen-bond acceptors (Lipinski definition) is 4. The quantitative estimate of drug-likeness (QED) is 0.810. The van der Waals surface area contributed by atoms with Gasteiger partial charge in [-0.2, -0.15) is 0 Å². The molecule has 0 fully saturated rings. The van der Waals surface area contributed by atoms with Crippen LogP contribution in [0.1, 0.15) is 31.7 Å². The molecule has 21 heavy (non-hydrogen) atoms. The number of nitrogens with zero attached hydrogens (tertiary/aromatic N) is 2. The van der Waals surface area contributed by atoms with Crippen molar-refractivity contribution in [2.45, 2.75) is 33.7 Å². The summed E-state index contributed by atoms with van der Waals surface area (Å²) in [6.45, 7) is 8.07. The zero-order valence-electron chi connectivity index (χ0n) is 13.1. The molecule has 4 nitrogen and oxygen atoms in total. The van der Waals surface area contributed by atoms with E-state index in [-0.39, 0.29) is 0 Å². The normalized spacial score (nSPS) is 10.7. The molecule has 2 N–H and O–H groups in total. The molecule has 0 unspecified atom stereocenters. The van der Waals surface area contributed by atoms with E-state index in [9.17, 15) is 0 Å². The van der Waals surface area contributed by atoms with Crippen LogP contribution in [0.3, 0.4) is 0 Å². The Labute approximate surface area is 127 Å². The van der Waals surface area contributed by atoms with Gasteiger partial charge >= 0.3 is 0 Å². The second-order valence-electron chi connectivity index (χ2n) is 5.63. The van der Waals surface area contributed by atoms with Crippen LogP contribution in [-0.4, -0.2) is 16.5 Å². The van der Waals surface area contributed by atoms with Crippen molar-refractivity contribution in [3.63, 3.8) is 0 Å². The molecule has 0 spiro atoms. The van der Waals surface area contributed by atoms with Gasteiger partial charge in [0.05, 0.1) is 0 Å². The molecule has 0 aliphatic rings. The molecule has 0 bridgehead atoms. The van der Waals surface area contributed by atoms with Crippen LogP contribution in [0.2, 0.25) is 0 Å². The number of aryl methyl sites for hydroxylation is 1. The van der Waals surface area contributed by atoms with E-state index in [1.165, 1.54) is 5.56 Å². The SMILES string of the molecule is Cc1nc(NCCC(C)C)cc(NCc2ccccc2)n1. The number of rotatable bonds is 7.